The van der Waals surface area contributed by atoms with E-state index in [4.69, 9.17) is 4.74 Å². The van der Waals surface area contributed by atoms with Gasteiger partial charge in [-0.25, -0.2) is 8.78 Å². The van der Waals surface area contributed by atoms with Crippen molar-refractivity contribution in [1.82, 2.24) is 55.1 Å². The van der Waals surface area contributed by atoms with Crippen LogP contribution in [-0.4, -0.2) is 264 Å². The molecule has 3 aliphatic heterocycles. The maximum Gasteiger partial charge on any atom is 0.397 e. The molecular weight excluding hydrogens is 1400 g/mol. The second-order valence-electron chi connectivity index (χ2n) is 32.3. The number of rotatable bonds is 13. The van der Waals surface area contributed by atoms with Gasteiger partial charge in [0.25, 0.3) is 0 Å². The van der Waals surface area contributed by atoms with E-state index < -0.39 is 212 Å². The molecule has 598 valence electrons. The lowest BCUT2D eigenvalue weighted by Gasteiger charge is -2.47. The molecule has 1 spiro atoms. The molecule has 12 atom stereocenters. The van der Waals surface area contributed by atoms with Crippen LogP contribution in [0.5, 0.6) is 0 Å². The Kier molecular flexibility index (Phi) is 29.0. The molecule has 31 heteroatoms. The Balaban J connectivity index is 1.18. The van der Waals surface area contributed by atoms with E-state index in [9.17, 15) is 50.3 Å². The van der Waals surface area contributed by atoms with E-state index >= 15 is 37.5 Å². The fraction of sp³-hybridized carbons (Fsp3) is 0.827. The molecule has 2 unspecified atom stereocenters. The van der Waals surface area contributed by atoms with E-state index in [1.54, 1.807) is 33.0 Å². The third-order valence-corrected chi connectivity index (χ3v) is 24.6. The Labute approximate surface area is 618 Å². The van der Waals surface area contributed by atoms with E-state index in [1.807, 2.05) is 20.8 Å². The lowest BCUT2D eigenvalue weighted by molar-refractivity contribution is -0.219. The first-order valence-corrected chi connectivity index (χ1v) is 38.6. The maximum atomic E-state index is 15.5. The Morgan fingerprint density at radius 2 is 1.19 bits per heavy atom. The van der Waals surface area contributed by atoms with Gasteiger partial charge in [0.1, 0.15) is 66.1 Å². The van der Waals surface area contributed by atoms with Crippen LogP contribution >= 0.6 is 0 Å². The number of nitrogens with zero attached hydrogens (tertiary/aromatic N) is 8. The van der Waals surface area contributed by atoms with Gasteiger partial charge in [-0.2, -0.15) is 26.3 Å². The second kappa shape index (κ2) is 36.2. The molecule has 5 saturated carbocycles. The van der Waals surface area contributed by atoms with Gasteiger partial charge in [-0.3, -0.25) is 52.7 Å². The number of alkyl halides is 8. The van der Waals surface area contributed by atoms with Crippen LogP contribution in [0.15, 0.2) is 12.2 Å². The number of hydrogen-bond donors (Lipinski definition) is 3. The minimum atomic E-state index is -5.20. The third kappa shape index (κ3) is 20.4. The van der Waals surface area contributed by atoms with Crippen molar-refractivity contribution in [2.75, 3.05) is 75.1 Å². The molecule has 2 bridgehead atoms. The van der Waals surface area contributed by atoms with Gasteiger partial charge in [-0.1, -0.05) is 72.0 Å². The summed E-state index contributed by atoms with van der Waals surface area (Å²) in [6.45, 7) is 7.20. The molecule has 106 heavy (non-hydrogen) atoms. The molecule has 8 aliphatic rings. The van der Waals surface area contributed by atoms with Crippen LogP contribution in [0, 0.1) is 47.3 Å². The molecule has 0 aromatic carbocycles. The summed E-state index contributed by atoms with van der Waals surface area (Å²) in [6, 6.07) is -10.0. The van der Waals surface area contributed by atoms with Crippen molar-refractivity contribution in [1.29, 1.82) is 0 Å². The molecule has 23 nitrogen and oxygen atoms in total. The zero-order valence-corrected chi connectivity index (χ0v) is 63.6. The van der Waals surface area contributed by atoms with Gasteiger partial charge in [0.05, 0.1) is 25.1 Å². The molecule has 0 aromatic heterocycles. The molecule has 3 N–H and O–H groups in total. The fourth-order valence-corrected chi connectivity index (χ4v) is 17.4. The number of fused-ring (bicyclic) bond motifs is 3. The highest BCUT2D eigenvalue weighted by Crippen LogP contribution is 2.46. The predicted molar refractivity (Wildman–Crippen MR) is 375 cm³/mol. The second-order valence-corrected chi connectivity index (χ2v) is 32.3. The van der Waals surface area contributed by atoms with Gasteiger partial charge < -0.3 is 59.9 Å². The summed E-state index contributed by atoms with van der Waals surface area (Å²) in [4.78, 5) is 176. The number of carbonyl (C=O) groups is 11. The summed E-state index contributed by atoms with van der Waals surface area (Å²) >= 11 is 0. The number of nitrogens with one attached hydrogen (secondary N) is 3. The fourth-order valence-electron chi connectivity index (χ4n) is 17.4. The SMILES string of the molecule is CCO[C@@H]1C[C@H]2C(=O)NC3(CCC3)C(=O)N(C)[C@@H](C3CCCC3)C(=O)N(C)[C@@H](C(C)C)CC(=O)N(C)[C@@H](CC3CC3)C(=O)N[C@@H]([C@@H](C)CC)C(=O)N(C)CC(=O)N(C)[C@H]3C/C=C\CCN(C3=O)[C@@H](CC3CCC(C(F)(F)F)CC3)C(=O)N(C)CC(=O)N[C@@H](CCC3CC(F)C(C(F)(F)F)C(F)C3)C(=O)N2C1. The molecule has 8 rings (SSSR count). The van der Waals surface area contributed by atoms with Crippen LogP contribution in [0.3, 0.4) is 0 Å². The summed E-state index contributed by atoms with van der Waals surface area (Å²) in [6.07, 6.45) is -10.00. The van der Waals surface area contributed by atoms with E-state index in [-0.39, 0.29) is 121 Å². The highest BCUT2D eigenvalue weighted by atomic mass is 19.4. The quantitative estimate of drug-likeness (QED) is 0.119. The number of halogens is 8. The van der Waals surface area contributed by atoms with Gasteiger partial charge in [-0.15, -0.1) is 0 Å². The summed E-state index contributed by atoms with van der Waals surface area (Å²) in [5.74, 6) is -15.1. The zero-order valence-electron chi connectivity index (χ0n) is 63.6. The predicted octanol–water partition coefficient (Wildman–Crippen LogP) is 7.67. The number of hydrogen-bond acceptors (Lipinski definition) is 12. The molecule has 7 fully saturated rings. The molecule has 0 aromatic rings. The minimum absolute atomic E-state index is 0.0107. The highest BCUT2D eigenvalue weighted by Gasteiger charge is 2.56. The van der Waals surface area contributed by atoms with Crippen LogP contribution in [0.1, 0.15) is 189 Å². The highest BCUT2D eigenvalue weighted by molar-refractivity contribution is 6.00. The van der Waals surface area contributed by atoms with E-state index in [2.05, 4.69) is 16.0 Å². The van der Waals surface area contributed by atoms with Crippen LogP contribution in [0.4, 0.5) is 35.1 Å². The Morgan fingerprint density at radius 1 is 0.585 bits per heavy atom. The summed E-state index contributed by atoms with van der Waals surface area (Å²) in [5, 5.41) is 8.56. The summed E-state index contributed by atoms with van der Waals surface area (Å²) < 4.78 is 121. The first kappa shape index (κ1) is 84.9. The standard InChI is InChI=1S/C75H115F8N11O12/c1-12-44(5)63-70(103)88(7)42-61(97)89(8)54-22-15-14-18-33-93(69(54)102)58(37-46-25-28-49(29-26-46)74(78,79)80)68(101)87(6)41-59(95)84-53(30-27-47-34-51(76)62(52(77)35-47)75(81,82)83)67(100)94-40-50(106-13-2)38-57(94)66(99)86-73(31-19-32-73)72(105)92(11)64(48-20-16-17-21-48)71(104)91(10)55(43(3)4)39-60(96)90(9)56(65(98)85-63)36-45-23-24-45/h14-15,43-58,62-64H,12-13,16-42H2,1-11H3,(H,84,95)(H,85,98)(H,86,99)/b15-14-/t44-,46?,47?,49?,50+,51?,52?,53-,54-,55+,56-,57-,58-,62?,63-,64-/m0/s1. The minimum Gasteiger partial charge on any atom is -0.377 e. The van der Waals surface area contributed by atoms with Crippen molar-refractivity contribution < 1.29 is 92.6 Å². The number of amides is 11. The Morgan fingerprint density at radius 3 is 1.75 bits per heavy atom. The van der Waals surface area contributed by atoms with Crippen molar-refractivity contribution in [3.8, 4) is 0 Å². The molecule has 11 amide bonds. The normalized spacial score (nSPS) is 33.1. The number of likely N-dealkylation sites (N-methyl/N-ethyl adjacent to an activating group) is 6. The molecule has 0 radical (unpaired) electrons. The van der Waals surface area contributed by atoms with Crippen LogP contribution < -0.4 is 16.0 Å². The van der Waals surface area contributed by atoms with Crippen molar-refractivity contribution in [3.05, 3.63) is 12.2 Å². The van der Waals surface area contributed by atoms with Gasteiger partial charge in [0.15, 0.2) is 0 Å². The number of carbonyl (C=O) groups excluding carboxylic acids is 11. The van der Waals surface area contributed by atoms with Gasteiger partial charge in [-0.05, 0) is 152 Å². The van der Waals surface area contributed by atoms with Crippen molar-refractivity contribution >= 4 is 65.0 Å². The van der Waals surface area contributed by atoms with Crippen LogP contribution in [0.25, 0.3) is 0 Å². The van der Waals surface area contributed by atoms with E-state index in [1.165, 1.54) is 54.8 Å². The molecule has 3 heterocycles. The largest absolute Gasteiger partial charge is 0.397 e. The van der Waals surface area contributed by atoms with Crippen molar-refractivity contribution in [3.63, 3.8) is 0 Å². The monoisotopic (exact) mass is 1510 g/mol. The number of ether oxygens (including phenoxy) is 1. The molecule has 2 saturated heterocycles. The van der Waals surface area contributed by atoms with Crippen LogP contribution in [0.2, 0.25) is 0 Å². The summed E-state index contributed by atoms with van der Waals surface area (Å²) in [5.41, 5.74) is -1.60. The Hall–Kier alpha value is -6.69. The van der Waals surface area contributed by atoms with E-state index in [0.717, 1.165) is 45.3 Å². The van der Waals surface area contributed by atoms with Gasteiger partial charge >= 0.3 is 12.4 Å². The van der Waals surface area contributed by atoms with E-state index in [0.29, 0.717) is 25.7 Å². The molecule has 5 aliphatic carbocycles. The smallest absolute Gasteiger partial charge is 0.377 e. The lowest BCUT2D eigenvalue weighted by Crippen LogP contribution is -2.68. The van der Waals surface area contributed by atoms with Crippen molar-refractivity contribution in [2.45, 2.75) is 273 Å². The summed E-state index contributed by atoms with van der Waals surface area (Å²) in [7, 11) is 8.53. The first-order chi connectivity index (χ1) is 49.8. The third-order valence-electron chi connectivity index (χ3n) is 24.6. The first-order valence-electron chi connectivity index (χ1n) is 38.6. The maximum absolute atomic E-state index is 15.5. The lowest BCUT2D eigenvalue weighted by atomic mass is 9.74. The van der Waals surface area contributed by atoms with Gasteiger partial charge in [0, 0.05) is 80.9 Å². The average Bonchev–Trinajstić information content (AvgIpc) is 1.20. The van der Waals surface area contributed by atoms with Crippen molar-refractivity contribution in [2.24, 2.45) is 47.3 Å². The van der Waals surface area contributed by atoms with Gasteiger partial charge in [0.2, 0.25) is 65.0 Å². The average molecular weight is 1510 g/mol. The molecular formula is C75H115F8N11O12. The zero-order chi connectivity index (χ0) is 78.2. The van der Waals surface area contributed by atoms with Crippen LogP contribution in [-0.2, 0) is 57.5 Å². The Bertz CT molecular complexity index is 3150. The topological polar surface area (TPSA) is 259 Å².